The lowest BCUT2D eigenvalue weighted by Gasteiger charge is -1.95. The predicted molar refractivity (Wildman–Crippen MR) is 47.0 cm³/mol. The molecule has 0 atom stereocenters. The molecule has 11 heavy (non-hydrogen) atoms. The van der Waals surface area contributed by atoms with E-state index in [4.69, 9.17) is 4.74 Å². The predicted octanol–water partition coefficient (Wildman–Crippen LogP) is 2.08. The largest absolute Gasteiger partial charge is 0.380 e. The normalized spacial score (nSPS) is 7.91. The molecule has 0 unspecified atom stereocenters. The van der Waals surface area contributed by atoms with Gasteiger partial charge < -0.3 is 4.74 Å². The minimum absolute atomic E-state index is 0.709. The van der Waals surface area contributed by atoms with Gasteiger partial charge in [0.05, 0.1) is 6.61 Å². The molecule has 1 aromatic rings. The molecule has 0 aliphatic rings. The van der Waals surface area contributed by atoms with E-state index >= 15 is 0 Å². The Balaban J connectivity index is 0.000000461. The number of hydrogen-bond acceptors (Lipinski definition) is 1. The molecule has 0 fully saturated rings. The van der Waals surface area contributed by atoms with Gasteiger partial charge in [0.15, 0.2) is 0 Å². The van der Waals surface area contributed by atoms with Crippen LogP contribution < -0.4 is 0 Å². The van der Waals surface area contributed by atoms with Gasteiger partial charge in [0.25, 0.3) is 0 Å². The van der Waals surface area contributed by atoms with E-state index < -0.39 is 0 Å². The average Bonchev–Trinajstić information content (AvgIpc) is 2.11. The highest BCUT2D eigenvalue weighted by molar-refractivity contribution is 5.13. The molecule has 0 radical (unpaired) electrons. The van der Waals surface area contributed by atoms with E-state index in [2.05, 4.69) is 12.8 Å². The van der Waals surface area contributed by atoms with E-state index in [1.165, 1.54) is 5.56 Å². The molecule has 0 saturated heterocycles. The minimum atomic E-state index is 0.709. The number of methoxy groups -OCH3 is 1. The zero-order chi connectivity index (χ0) is 8.53. The van der Waals surface area contributed by atoms with Gasteiger partial charge in [-0.25, -0.2) is 0 Å². The van der Waals surface area contributed by atoms with Gasteiger partial charge in [-0.2, -0.15) is 0 Å². The molecule has 1 aromatic carbocycles. The summed E-state index contributed by atoms with van der Waals surface area (Å²) in [5.74, 6) is 0. The van der Waals surface area contributed by atoms with Crippen LogP contribution in [0.1, 0.15) is 5.56 Å². The molecule has 0 spiro atoms. The van der Waals surface area contributed by atoms with Crippen molar-refractivity contribution in [2.75, 3.05) is 7.11 Å². The summed E-state index contributed by atoms with van der Waals surface area (Å²) in [6.07, 6.45) is 8.00. The smallest absolute Gasteiger partial charge is 0.0713 e. The summed E-state index contributed by atoms with van der Waals surface area (Å²) in [6.45, 7) is 0.709. The van der Waals surface area contributed by atoms with Crippen LogP contribution in [-0.4, -0.2) is 7.11 Å². The van der Waals surface area contributed by atoms with Crippen molar-refractivity contribution in [2.24, 2.45) is 0 Å². The fraction of sp³-hybridized carbons (Fsp3) is 0.200. The summed E-state index contributed by atoms with van der Waals surface area (Å²) >= 11 is 0. The highest BCUT2D eigenvalue weighted by Crippen LogP contribution is 1.98. The fourth-order valence-corrected chi connectivity index (χ4v) is 0.741. The lowest BCUT2D eigenvalue weighted by Crippen LogP contribution is -1.84. The molecule has 0 saturated carbocycles. The van der Waals surface area contributed by atoms with Crippen molar-refractivity contribution in [1.29, 1.82) is 0 Å². The first-order valence-electron chi connectivity index (χ1n) is 3.29. The lowest BCUT2D eigenvalue weighted by atomic mass is 10.2. The Labute approximate surface area is 68.0 Å². The minimum Gasteiger partial charge on any atom is -0.380 e. The monoisotopic (exact) mass is 148 g/mol. The van der Waals surface area contributed by atoms with Crippen molar-refractivity contribution < 1.29 is 4.74 Å². The third-order valence-corrected chi connectivity index (χ3v) is 1.15. The second-order valence-corrected chi connectivity index (χ2v) is 1.92. The van der Waals surface area contributed by atoms with E-state index in [1.54, 1.807) is 7.11 Å². The molecule has 58 valence electrons. The Bertz CT molecular complexity index is 189. The molecule has 0 amide bonds. The summed E-state index contributed by atoms with van der Waals surface area (Å²) in [5, 5.41) is 0. The molecule has 0 aromatic heterocycles. The Kier molecular flexibility index (Phi) is 6.07. The van der Waals surface area contributed by atoms with Gasteiger partial charge >= 0.3 is 0 Å². The van der Waals surface area contributed by atoms with Crippen LogP contribution in [0.4, 0.5) is 0 Å². The van der Waals surface area contributed by atoms with E-state index in [9.17, 15) is 0 Å². The zero-order valence-corrected chi connectivity index (χ0v) is 6.66. The maximum Gasteiger partial charge on any atom is 0.0713 e. The first-order chi connectivity index (χ1) is 5.43. The highest BCUT2D eigenvalue weighted by atomic mass is 16.5. The maximum absolute atomic E-state index is 4.93. The van der Waals surface area contributed by atoms with Crippen LogP contribution in [-0.2, 0) is 11.3 Å². The van der Waals surface area contributed by atoms with Crippen LogP contribution in [0.3, 0.4) is 0 Å². The van der Waals surface area contributed by atoms with Crippen molar-refractivity contribution in [3.8, 4) is 12.8 Å². The lowest BCUT2D eigenvalue weighted by molar-refractivity contribution is 0.185. The van der Waals surface area contributed by atoms with Crippen molar-refractivity contribution in [1.82, 2.24) is 0 Å². The molecule has 0 aliphatic carbocycles. The van der Waals surface area contributed by atoms with Gasteiger partial charge in [-0.1, -0.05) is 30.3 Å². The molecule has 1 nitrogen and oxygen atoms in total. The second kappa shape index (κ2) is 6.85. The number of terminal acetylenes is 1. The topological polar surface area (TPSA) is 9.23 Å². The molecule has 1 heteroatoms. The number of hydrogen-bond donors (Lipinski definition) is 0. The van der Waals surface area contributed by atoms with Crippen LogP contribution in [0.15, 0.2) is 30.3 Å². The molecule has 0 bridgehead atoms. The Hall–Kier alpha value is -1.26. The third-order valence-electron chi connectivity index (χ3n) is 1.15. The Morgan fingerprint density at radius 3 is 2.18 bits per heavy atom. The SMILES string of the molecule is C#C.COCc1ccccc1. The van der Waals surface area contributed by atoms with E-state index in [0.29, 0.717) is 6.61 Å². The summed E-state index contributed by atoms with van der Waals surface area (Å²) in [7, 11) is 1.70. The summed E-state index contributed by atoms with van der Waals surface area (Å²) in [5.41, 5.74) is 1.22. The van der Waals surface area contributed by atoms with Crippen molar-refractivity contribution in [2.45, 2.75) is 6.61 Å². The number of rotatable bonds is 2. The molecule has 0 aliphatic heterocycles. The highest BCUT2D eigenvalue weighted by Gasteiger charge is 1.84. The summed E-state index contributed by atoms with van der Waals surface area (Å²) in [6, 6.07) is 10.1. The average molecular weight is 148 g/mol. The first-order valence-corrected chi connectivity index (χ1v) is 3.29. The molecule has 1 rings (SSSR count). The molecular formula is C10H12O. The van der Waals surface area contributed by atoms with Crippen molar-refractivity contribution in [3.63, 3.8) is 0 Å². The number of benzene rings is 1. The standard InChI is InChI=1S/C8H10O.C2H2/c1-9-7-8-5-3-2-4-6-8;1-2/h2-6H,7H2,1H3;1-2H. The quantitative estimate of drug-likeness (QED) is 0.583. The van der Waals surface area contributed by atoms with E-state index in [-0.39, 0.29) is 0 Å². The summed E-state index contributed by atoms with van der Waals surface area (Å²) in [4.78, 5) is 0. The van der Waals surface area contributed by atoms with E-state index in [1.807, 2.05) is 30.3 Å². The van der Waals surface area contributed by atoms with Crippen LogP contribution in [0.5, 0.6) is 0 Å². The van der Waals surface area contributed by atoms with Crippen LogP contribution in [0.25, 0.3) is 0 Å². The first kappa shape index (κ1) is 9.74. The molecular weight excluding hydrogens is 136 g/mol. The van der Waals surface area contributed by atoms with Gasteiger partial charge in [0, 0.05) is 7.11 Å². The molecule has 0 heterocycles. The van der Waals surface area contributed by atoms with Crippen molar-refractivity contribution >= 4 is 0 Å². The Morgan fingerprint density at radius 2 is 1.73 bits per heavy atom. The fourth-order valence-electron chi connectivity index (χ4n) is 0.741. The number of ether oxygens (including phenoxy) is 1. The van der Waals surface area contributed by atoms with Crippen molar-refractivity contribution in [3.05, 3.63) is 35.9 Å². The Morgan fingerprint density at radius 1 is 1.18 bits per heavy atom. The van der Waals surface area contributed by atoms with Gasteiger partial charge in [0.1, 0.15) is 0 Å². The van der Waals surface area contributed by atoms with Crippen LogP contribution >= 0.6 is 0 Å². The maximum atomic E-state index is 4.93. The van der Waals surface area contributed by atoms with Gasteiger partial charge in [-0.05, 0) is 5.56 Å². The van der Waals surface area contributed by atoms with Gasteiger partial charge in [0.2, 0.25) is 0 Å². The van der Waals surface area contributed by atoms with Crippen LogP contribution in [0.2, 0.25) is 0 Å². The third kappa shape index (κ3) is 4.19. The molecule has 0 N–H and O–H groups in total. The van der Waals surface area contributed by atoms with Gasteiger partial charge in [-0.15, -0.1) is 12.8 Å². The zero-order valence-electron chi connectivity index (χ0n) is 6.66. The van der Waals surface area contributed by atoms with Gasteiger partial charge in [-0.3, -0.25) is 0 Å². The summed E-state index contributed by atoms with van der Waals surface area (Å²) < 4.78 is 4.93. The van der Waals surface area contributed by atoms with Crippen LogP contribution in [0, 0.1) is 12.8 Å². The van der Waals surface area contributed by atoms with E-state index in [0.717, 1.165) is 0 Å². The second-order valence-electron chi connectivity index (χ2n) is 1.92.